The first-order chi connectivity index (χ1) is 8.11. The Morgan fingerprint density at radius 2 is 2.18 bits per heavy atom. The number of hydrogen-bond acceptors (Lipinski definition) is 3. The molecule has 0 aliphatic rings. The van der Waals surface area contributed by atoms with Crippen LogP contribution >= 0.6 is 11.6 Å². The first-order valence-corrected chi connectivity index (χ1v) is 5.50. The van der Waals surface area contributed by atoms with Gasteiger partial charge in [-0.15, -0.1) is 0 Å². The normalized spacial score (nSPS) is 12.5. The smallest absolute Gasteiger partial charge is 0.126 e. The van der Waals surface area contributed by atoms with E-state index >= 15 is 0 Å². The zero-order valence-corrected chi connectivity index (χ0v) is 10.3. The highest BCUT2D eigenvalue weighted by Gasteiger charge is 2.18. The molecule has 0 aliphatic carbocycles. The summed E-state index contributed by atoms with van der Waals surface area (Å²) in [4.78, 5) is 0. The van der Waals surface area contributed by atoms with Crippen LogP contribution in [0.2, 0.25) is 5.02 Å². The van der Waals surface area contributed by atoms with Gasteiger partial charge in [-0.25, -0.2) is 0 Å². The van der Waals surface area contributed by atoms with Gasteiger partial charge < -0.3 is 9.84 Å². The maximum Gasteiger partial charge on any atom is 0.126 e. The summed E-state index contributed by atoms with van der Waals surface area (Å²) in [7, 11) is 3.35. The Morgan fingerprint density at radius 3 is 2.76 bits per heavy atom. The molecule has 0 amide bonds. The van der Waals surface area contributed by atoms with E-state index in [0.29, 0.717) is 22.0 Å². The van der Waals surface area contributed by atoms with E-state index in [1.165, 1.54) is 0 Å². The van der Waals surface area contributed by atoms with Crippen LogP contribution in [0.5, 0.6) is 5.75 Å². The number of nitrogens with zero attached hydrogens (tertiary/aromatic N) is 2. The van der Waals surface area contributed by atoms with Crippen LogP contribution in [0.15, 0.2) is 30.5 Å². The summed E-state index contributed by atoms with van der Waals surface area (Å²) in [6.07, 6.45) is 0.931. The van der Waals surface area contributed by atoms with Crippen molar-refractivity contribution in [1.29, 1.82) is 0 Å². The average Bonchev–Trinajstić information content (AvgIpc) is 2.75. The maximum atomic E-state index is 10.2. The highest BCUT2D eigenvalue weighted by molar-refractivity contribution is 6.30. The largest absolute Gasteiger partial charge is 0.496 e. The van der Waals surface area contributed by atoms with Crippen LogP contribution in [0.3, 0.4) is 0 Å². The molecule has 90 valence electrons. The predicted octanol–water partition coefficient (Wildman–Crippen LogP) is 2.16. The third-order valence-electron chi connectivity index (χ3n) is 2.50. The first kappa shape index (κ1) is 12.0. The van der Waals surface area contributed by atoms with Crippen molar-refractivity contribution in [3.63, 3.8) is 0 Å². The van der Waals surface area contributed by atoms with Gasteiger partial charge in [0.15, 0.2) is 0 Å². The number of aliphatic hydroxyl groups excluding tert-OH is 1. The predicted molar refractivity (Wildman–Crippen MR) is 65.3 cm³/mol. The van der Waals surface area contributed by atoms with Crippen molar-refractivity contribution in [1.82, 2.24) is 9.78 Å². The maximum absolute atomic E-state index is 10.2. The number of hydrogen-bond donors (Lipinski definition) is 1. The van der Waals surface area contributed by atoms with Crippen LogP contribution in [0.4, 0.5) is 0 Å². The second-order valence-electron chi connectivity index (χ2n) is 3.70. The summed E-state index contributed by atoms with van der Waals surface area (Å²) in [5.41, 5.74) is 1.17. The van der Waals surface area contributed by atoms with Crippen molar-refractivity contribution in [2.24, 2.45) is 7.05 Å². The molecular formula is C12H13ClN2O2. The molecule has 0 saturated carbocycles. The lowest BCUT2D eigenvalue weighted by Gasteiger charge is -2.13. The molecule has 1 heterocycles. The van der Waals surface area contributed by atoms with Crippen LogP contribution in [0.1, 0.15) is 17.4 Å². The van der Waals surface area contributed by atoms with Crippen LogP contribution in [0.25, 0.3) is 0 Å². The number of aryl methyl sites for hydroxylation is 1. The summed E-state index contributed by atoms with van der Waals surface area (Å²) in [5, 5.41) is 14.9. The van der Waals surface area contributed by atoms with Crippen LogP contribution in [0, 0.1) is 0 Å². The van der Waals surface area contributed by atoms with E-state index in [-0.39, 0.29) is 0 Å². The molecule has 5 heteroatoms. The highest BCUT2D eigenvalue weighted by atomic mass is 35.5. The first-order valence-electron chi connectivity index (χ1n) is 5.13. The molecule has 1 aromatic heterocycles. The van der Waals surface area contributed by atoms with Crippen molar-refractivity contribution in [3.05, 3.63) is 46.7 Å². The number of methoxy groups -OCH3 is 1. The number of rotatable bonds is 3. The fraction of sp³-hybridized carbons (Fsp3) is 0.250. The monoisotopic (exact) mass is 252 g/mol. The molecular weight excluding hydrogens is 240 g/mol. The molecule has 0 radical (unpaired) electrons. The van der Waals surface area contributed by atoms with Crippen LogP contribution in [-0.2, 0) is 7.05 Å². The third kappa shape index (κ3) is 2.43. The van der Waals surface area contributed by atoms with E-state index in [9.17, 15) is 5.11 Å². The van der Waals surface area contributed by atoms with Gasteiger partial charge in [-0.1, -0.05) is 11.6 Å². The molecule has 1 N–H and O–H groups in total. The summed E-state index contributed by atoms with van der Waals surface area (Å²) in [6.45, 7) is 0. The van der Waals surface area contributed by atoms with Gasteiger partial charge in [0.25, 0.3) is 0 Å². The summed E-state index contributed by atoms with van der Waals surface area (Å²) < 4.78 is 6.83. The molecule has 0 aliphatic heterocycles. The van der Waals surface area contributed by atoms with E-state index in [4.69, 9.17) is 16.3 Å². The summed E-state index contributed by atoms with van der Waals surface area (Å²) in [5.74, 6) is 0.590. The number of halogens is 1. The van der Waals surface area contributed by atoms with Crippen molar-refractivity contribution < 1.29 is 9.84 Å². The molecule has 1 atom stereocenters. The fourth-order valence-electron chi connectivity index (χ4n) is 1.66. The van der Waals surface area contributed by atoms with Crippen LogP contribution in [-0.4, -0.2) is 22.0 Å². The SMILES string of the molecule is COc1ccc(Cl)cc1C(O)c1ccn(C)n1. The lowest BCUT2D eigenvalue weighted by molar-refractivity contribution is 0.209. The Morgan fingerprint density at radius 1 is 1.41 bits per heavy atom. The van der Waals surface area contributed by atoms with Crippen molar-refractivity contribution in [2.45, 2.75) is 6.10 Å². The Hall–Kier alpha value is -1.52. The second kappa shape index (κ2) is 4.77. The molecule has 17 heavy (non-hydrogen) atoms. The Labute approximate surface area is 104 Å². The van der Waals surface area contributed by atoms with Gasteiger partial charge in [-0.3, -0.25) is 4.68 Å². The molecule has 0 fully saturated rings. The van der Waals surface area contributed by atoms with Crippen molar-refractivity contribution in [2.75, 3.05) is 7.11 Å². The quantitative estimate of drug-likeness (QED) is 0.911. The fourth-order valence-corrected chi connectivity index (χ4v) is 1.84. The molecule has 4 nitrogen and oxygen atoms in total. The van der Waals surface area contributed by atoms with E-state index in [1.807, 2.05) is 0 Å². The minimum Gasteiger partial charge on any atom is -0.496 e. The number of aromatic nitrogens is 2. The zero-order valence-electron chi connectivity index (χ0n) is 9.59. The Bertz CT molecular complexity index is 525. The van der Waals surface area contributed by atoms with E-state index < -0.39 is 6.10 Å². The van der Waals surface area contributed by atoms with Gasteiger partial charge in [0.2, 0.25) is 0 Å². The number of benzene rings is 1. The average molecular weight is 253 g/mol. The highest BCUT2D eigenvalue weighted by Crippen LogP contribution is 2.31. The third-order valence-corrected chi connectivity index (χ3v) is 2.74. The Kier molecular flexibility index (Phi) is 3.36. The van der Waals surface area contributed by atoms with Crippen molar-refractivity contribution >= 4 is 11.6 Å². The topological polar surface area (TPSA) is 47.3 Å². The Balaban J connectivity index is 2.42. The second-order valence-corrected chi connectivity index (χ2v) is 4.14. The lowest BCUT2D eigenvalue weighted by atomic mass is 10.1. The molecule has 2 rings (SSSR count). The molecule has 2 aromatic rings. The molecule has 1 aromatic carbocycles. The van der Waals surface area contributed by atoms with Gasteiger partial charge >= 0.3 is 0 Å². The number of aliphatic hydroxyl groups is 1. The van der Waals surface area contributed by atoms with Gasteiger partial charge in [-0.2, -0.15) is 5.10 Å². The molecule has 0 spiro atoms. The lowest BCUT2D eigenvalue weighted by Crippen LogP contribution is -2.04. The summed E-state index contributed by atoms with van der Waals surface area (Å²) >= 11 is 5.92. The van der Waals surface area contributed by atoms with Crippen LogP contribution < -0.4 is 4.74 Å². The summed E-state index contributed by atoms with van der Waals surface area (Å²) in [6, 6.07) is 6.88. The van der Waals surface area contributed by atoms with Gasteiger partial charge in [0.05, 0.1) is 12.8 Å². The van der Waals surface area contributed by atoms with E-state index in [0.717, 1.165) is 0 Å². The molecule has 1 unspecified atom stereocenters. The van der Waals surface area contributed by atoms with Gasteiger partial charge in [-0.05, 0) is 24.3 Å². The van der Waals surface area contributed by atoms with E-state index in [2.05, 4.69) is 5.10 Å². The standard InChI is InChI=1S/C12H13ClN2O2/c1-15-6-5-10(14-15)12(16)9-7-8(13)3-4-11(9)17-2/h3-7,12,16H,1-2H3. The van der Waals surface area contributed by atoms with Gasteiger partial charge in [0, 0.05) is 23.8 Å². The zero-order chi connectivity index (χ0) is 12.4. The molecule has 0 bridgehead atoms. The van der Waals surface area contributed by atoms with Gasteiger partial charge in [0.1, 0.15) is 11.9 Å². The van der Waals surface area contributed by atoms with Crippen molar-refractivity contribution in [3.8, 4) is 5.75 Å². The minimum absolute atomic E-state index is 0.552. The number of ether oxygens (including phenoxy) is 1. The minimum atomic E-state index is -0.843. The van der Waals surface area contributed by atoms with E-state index in [1.54, 1.807) is 49.3 Å². The molecule has 0 saturated heterocycles.